The molecule has 1 amide bonds. The fourth-order valence-electron chi connectivity index (χ4n) is 3.59. The van der Waals surface area contributed by atoms with Gasteiger partial charge in [-0.3, -0.25) is 9.48 Å². The van der Waals surface area contributed by atoms with Gasteiger partial charge in [0, 0.05) is 30.9 Å². The van der Waals surface area contributed by atoms with Crippen LogP contribution < -0.4 is 10.2 Å². The summed E-state index contributed by atoms with van der Waals surface area (Å²) in [6.45, 7) is 12.0. The Morgan fingerprint density at radius 3 is 2.68 bits per heavy atom. The number of nitrogens with zero attached hydrogens (tertiary/aromatic N) is 3. The number of ether oxygens (including phenoxy) is 1. The Bertz CT molecular complexity index is 841. The monoisotopic (exact) mass is 404 g/mol. The number of morpholine rings is 1. The Morgan fingerprint density at radius 2 is 2.00 bits per heavy atom. The molecule has 0 radical (unpaired) electrons. The molecular formula is C21H29ClN4O2. The van der Waals surface area contributed by atoms with Crippen molar-refractivity contribution in [3.05, 3.63) is 40.2 Å². The van der Waals surface area contributed by atoms with E-state index < -0.39 is 0 Å². The van der Waals surface area contributed by atoms with Crippen LogP contribution in [0.1, 0.15) is 30.8 Å². The van der Waals surface area contributed by atoms with Crippen LogP contribution in [-0.4, -0.2) is 42.0 Å². The van der Waals surface area contributed by atoms with Crippen LogP contribution in [0.15, 0.2) is 18.2 Å². The van der Waals surface area contributed by atoms with Gasteiger partial charge in [-0.25, -0.2) is 0 Å². The van der Waals surface area contributed by atoms with Gasteiger partial charge in [-0.2, -0.15) is 5.10 Å². The third kappa shape index (κ3) is 4.67. The topological polar surface area (TPSA) is 59.4 Å². The predicted octanol–water partition coefficient (Wildman–Crippen LogP) is 3.83. The van der Waals surface area contributed by atoms with Crippen molar-refractivity contribution in [2.75, 3.05) is 36.5 Å². The summed E-state index contributed by atoms with van der Waals surface area (Å²) in [5.41, 5.74) is 4.57. The Labute approximate surface area is 171 Å². The summed E-state index contributed by atoms with van der Waals surface area (Å²) in [5, 5.41) is 8.30. The summed E-state index contributed by atoms with van der Waals surface area (Å²) in [4.78, 5) is 15.0. The zero-order valence-corrected chi connectivity index (χ0v) is 17.8. The second-order valence-electron chi connectivity index (χ2n) is 7.69. The first-order valence-electron chi connectivity index (χ1n) is 9.80. The van der Waals surface area contributed by atoms with Gasteiger partial charge >= 0.3 is 0 Å². The van der Waals surface area contributed by atoms with E-state index in [0.717, 1.165) is 48.0 Å². The van der Waals surface area contributed by atoms with Crippen LogP contribution in [0.5, 0.6) is 0 Å². The van der Waals surface area contributed by atoms with Crippen LogP contribution in [0.4, 0.5) is 11.4 Å². The van der Waals surface area contributed by atoms with Gasteiger partial charge in [-0.05, 0) is 31.9 Å². The highest BCUT2D eigenvalue weighted by Gasteiger charge is 2.20. The standard InChI is InChI=1S/C21H29ClN4O2/c1-14(2)13-26-16(4)17(15(3)24-26)12-20(27)23-19-7-5-6-18(22)21(19)25-8-10-28-11-9-25/h5-7,14H,8-13H2,1-4H3,(H,23,27). The average Bonchev–Trinajstić information content (AvgIpc) is 2.89. The minimum absolute atomic E-state index is 0.0629. The third-order valence-corrected chi connectivity index (χ3v) is 5.30. The van der Waals surface area contributed by atoms with Crippen LogP contribution in [0, 0.1) is 19.8 Å². The molecule has 1 aliphatic rings. The van der Waals surface area contributed by atoms with E-state index in [9.17, 15) is 4.79 Å². The number of halogens is 1. The highest BCUT2D eigenvalue weighted by atomic mass is 35.5. The van der Waals surface area contributed by atoms with Crippen LogP contribution in [0.25, 0.3) is 0 Å². The number of aryl methyl sites for hydroxylation is 1. The molecule has 1 aromatic carbocycles. The van der Waals surface area contributed by atoms with Crippen molar-refractivity contribution in [3.8, 4) is 0 Å². The number of amides is 1. The zero-order valence-electron chi connectivity index (χ0n) is 17.1. The van der Waals surface area contributed by atoms with E-state index in [1.54, 1.807) is 0 Å². The number of hydrogen-bond acceptors (Lipinski definition) is 4. The quantitative estimate of drug-likeness (QED) is 0.794. The molecular weight excluding hydrogens is 376 g/mol. The van der Waals surface area contributed by atoms with Crippen molar-refractivity contribution in [3.63, 3.8) is 0 Å². The first-order chi connectivity index (χ1) is 13.4. The lowest BCUT2D eigenvalue weighted by molar-refractivity contribution is -0.115. The Balaban J connectivity index is 1.77. The van der Waals surface area contributed by atoms with Crippen LogP contribution >= 0.6 is 11.6 Å². The van der Waals surface area contributed by atoms with Gasteiger partial charge in [0.15, 0.2) is 0 Å². The molecule has 1 aromatic heterocycles. The Hall–Kier alpha value is -2.05. The molecule has 1 aliphatic heterocycles. The maximum atomic E-state index is 12.8. The molecule has 0 bridgehead atoms. The summed E-state index contributed by atoms with van der Waals surface area (Å²) in [6, 6.07) is 5.61. The largest absolute Gasteiger partial charge is 0.378 e. The minimum atomic E-state index is -0.0629. The molecule has 0 aliphatic carbocycles. The van der Waals surface area contributed by atoms with E-state index in [2.05, 4.69) is 29.2 Å². The number of nitrogens with one attached hydrogen (secondary N) is 1. The number of carbonyl (C=O) groups is 1. The molecule has 2 aromatic rings. The van der Waals surface area contributed by atoms with E-state index in [1.807, 2.05) is 36.7 Å². The maximum absolute atomic E-state index is 12.8. The molecule has 0 saturated carbocycles. The lowest BCUT2D eigenvalue weighted by atomic mass is 10.1. The zero-order chi connectivity index (χ0) is 20.3. The normalized spacial score (nSPS) is 14.6. The fourth-order valence-corrected chi connectivity index (χ4v) is 3.89. The highest BCUT2D eigenvalue weighted by Crippen LogP contribution is 2.34. The van der Waals surface area contributed by atoms with Gasteiger partial charge in [0.05, 0.1) is 41.7 Å². The van der Waals surface area contributed by atoms with Gasteiger partial charge in [0.2, 0.25) is 5.91 Å². The summed E-state index contributed by atoms with van der Waals surface area (Å²) in [7, 11) is 0. The van der Waals surface area contributed by atoms with E-state index in [1.165, 1.54) is 0 Å². The number of benzene rings is 1. The molecule has 2 heterocycles. The molecule has 6 nitrogen and oxygen atoms in total. The lowest BCUT2D eigenvalue weighted by Crippen LogP contribution is -2.37. The van der Waals surface area contributed by atoms with Crippen LogP contribution in [0.2, 0.25) is 5.02 Å². The molecule has 0 spiro atoms. The van der Waals surface area contributed by atoms with Crippen molar-refractivity contribution in [2.24, 2.45) is 5.92 Å². The second-order valence-corrected chi connectivity index (χ2v) is 8.09. The van der Waals surface area contributed by atoms with E-state index in [4.69, 9.17) is 16.3 Å². The Kier molecular flexibility index (Phi) is 6.62. The molecule has 1 fully saturated rings. The SMILES string of the molecule is Cc1nn(CC(C)C)c(C)c1CC(=O)Nc1cccc(Cl)c1N1CCOCC1. The molecule has 1 N–H and O–H groups in total. The van der Waals surface area contributed by atoms with E-state index >= 15 is 0 Å². The van der Waals surface area contributed by atoms with Gasteiger partial charge in [-0.1, -0.05) is 31.5 Å². The number of para-hydroxylation sites is 1. The molecule has 28 heavy (non-hydrogen) atoms. The minimum Gasteiger partial charge on any atom is -0.378 e. The Morgan fingerprint density at radius 1 is 1.29 bits per heavy atom. The average molecular weight is 405 g/mol. The maximum Gasteiger partial charge on any atom is 0.228 e. The summed E-state index contributed by atoms with van der Waals surface area (Å²) >= 11 is 6.46. The smallest absolute Gasteiger partial charge is 0.228 e. The van der Waals surface area contributed by atoms with Crippen molar-refractivity contribution in [1.82, 2.24) is 9.78 Å². The first kappa shape index (κ1) is 20.7. The van der Waals surface area contributed by atoms with Gasteiger partial charge in [-0.15, -0.1) is 0 Å². The van der Waals surface area contributed by atoms with Crippen LogP contribution in [-0.2, 0) is 22.5 Å². The second kappa shape index (κ2) is 8.97. The lowest BCUT2D eigenvalue weighted by Gasteiger charge is -2.31. The van der Waals surface area contributed by atoms with Crippen molar-refractivity contribution in [2.45, 2.75) is 40.7 Å². The van der Waals surface area contributed by atoms with Gasteiger partial charge < -0.3 is 15.0 Å². The number of carbonyl (C=O) groups excluding carboxylic acids is 1. The van der Waals surface area contributed by atoms with E-state index in [-0.39, 0.29) is 5.91 Å². The molecule has 0 atom stereocenters. The molecule has 152 valence electrons. The van der Waals surface area contributed by atoms with Crippen molar-refractivity contribution in [1.29, 1.82) is 0 Å². The number of hydrogen-bond donors (Lipinski definition) is 1. The van der Waals surface area contributed by atoms with Gasteiger partial charge in [0.25, 0.3) is 0 Å². The van der Waals surface area contributed by atoms with Gasteiger partial charge in [0.1, 0.15) is 0 Å². The first-order valence-corrected chi connectivity index (χ1v) is 10.2. The fraction of sp³-hybridized carbons (Fsp3) is 0.524. The molecule has 0 unspecified atom stereocenters. The van der Waals surface area contributed by atoms with Crippen molar-refractivity contribution >= 4 is 28.9 Å². The van der Waals surface area contributed by atoms with Crippen molar-refractivity contribution < 1.29 is 9.53 Å². The highest BCUT2D eigenvalue weighted by molar-refractivity contribution is 6.34. The molecule has 7 heteroatoms. The number of aromatic nitrogens is 2. The molecule has 1 saturated heterocycles. The van der Waals surface area contributed by atoms with Crippen LogP contribution in [0.3, 0.4) is 0 Å². The summed E-state index contributed by atoms with van der Waals surface area (Å²) in [6.07, 6.45) is 0.296. The molecule has 3 rings (SSSR count). The number of anilines is 2. The number of rotatable bonds is 6. The third-order valence-electron chi connectivity index (χ3n) is 4.99. The predicted molar refractivity (Wildman–Crippen MR) is 113 cm³/mol. The summed E-state index contributed by atoms with van der Waals surface area (Å²) in [5.74, 6) is 0.439. The van der Waals surface area contributed by atoms with E-state index in [0.29, 0.717) is 30.6 Å². The summed E-state index contributed by atoms with van der Waals surface area (Å²) < 4.78 is 7.44.